The zero-order chi connectivity index (χ0) is 12.5. The van der Waals surface area contributed by atoms with Crippen molar-refractivity contribution < 1.29 is 0 Å². The summed E-state index contributed by atoms with van der Waals surface area (Å²) in [5.41, 5.74) is 2.79. The summed E-state index contributed by atoms with van der Waals surface area (Å²) in [4.78, 5) is 0. The summed E-state index contributed by atoms with van der Waals surface area (Å²) in [6, 6.07) is 0. The summed E-state index contributed by atoms with van der Waals surface area (Å²) >= 11 is 30.9. The minimum absolute atomic E-state index is 0.122. The van der Waals surface area contributed by atoms with Gasteiger partial charge < -0.3 is 0 Å². The Morgan fingerprint density at radius 2 is 1.20 bits per heavy atom. The van der Waals surface area contributed by atoms with Crippen molar-refractivity contribution >= 4 is 69.6 Å². The maximum absolute atomic E-state index is 5.33. The first-order chi connectivity index (χ1) is 7.10. The molecule has 1 unspecified atom stereocenters. The molecule has 0 N–H and O–H groups in total. The van der Waals surface area contributed by atoms with E-state index in [9.17, 15) is 0 Å². The molecule has 92 valence electrons. The molecule has 0 aromatic heterocycles. The zero-order valence-corrected chi connectivity index (χ0v) is 12.8. The third kappa shape index (κ3) is 51.0. The van der Waals surface area contributed by atoms with Gasteiger partial charge in [-0.2, -0.15) is 0 Å². The third-order valence-corrected chi connectivity index (χ3v) is 2.06. The molecular weight excluding hydrogens is 321 g/mol. The highest BCUT2D eigenvalue weighted by molar-refractivity contribution is 6.28. The minimum Gasteiger partial charge on any atom is -0.125 e. The first-order valence-electron chi connectivity index (χ1n) is 3.93. The minimum atomic E-state index is 0.122. The van der Waals surface area contributed by atoms with Gasteiger partial charge >= 0.3 is 0 Å². The average Bonchev–Trinajstić information content (AvgIpc) is 2.22. The molecule has 0 aliphatic heterocycles. The molecule has 0 aliphatic rings. The van der Waals surface area contributed by atoms with Crippen molar-refractivity contribution in [1.82, 2.24) is 0 Å². The highest BCUT2D eigenvalue weighted by Gasteiger charge is 1.85. The standard InChI is InChI=1S/C3H6Cl2.2C3H4Cl2/c1-3(5)2-4;2*4-2-1-3-5/h3H,2H2,1H3;2*1-2H,3H2. The Morgan fingerprint density at radius 3 is 1.20 bits per heavy atom. The topological polar surface area (TPSA) is 0 Å². The van der Waals surface area contributed by atoms with Crippen LogP contribution in [0.1, 0.15) is 6.92 Å². The van der Waals surface area contributed by atoms with Gasteiger partial charge in [0.1, 0.15) is 0 Å². The van der Waals surface area contributed by atoms with Crippen LogP contribution in [0.4, 0.5) is 0 Å². The first-order valence-corrected chi connectivity index (χ1v) is 6.84. The summed E-state index contributed by atoms with van der Waals surface area (Å²) in [5, 5.41) is 0.122. The van der Waals surface area contributed by atoms with Crippen molar-refractivity contribution in [2.24, 2.45) is 0 Å². The van der Waals surface area contributed by atoms with Crippen LogP contribution in [0.25, 0.3) is 0 Å². The molecule has 15 heavy (non-hydrogen) atoms. The lowest BCUT2D eigenvalue weighted by atomic mass is 10.6. The van der Waals surface area contributed by atoms with Crippen molar-refractivity contribution in [3.8, 4) is 0 Å². The molecule has 0 aliphatic carbocycles. The first kappa shape index (κ1) is 21.5. The van der Waals surface area contributed by atoms with E-state index >= 15 is 0 Å². The van der Waals surface area contributed by atoms with Crippen LogP contribution in [0.3, 0.4) is 0 Å². The predicted molar refractivity (Wildman–Crippen MR) is 77.5 cm³/mol. The van der Waals surface area contributed by atoms with Crippen LogP contribution in [-0.4, -0.2) is 23.0 Å². The van der Waals surface area contributed by atoms with E-state index in [1.165, 1.54) is 11.1 Å². The zero-order valence-electron chi connectivity index (χ0n) is 8.28. The van der Waals surface area contributed by atoms with Gasteiger partial charge in [-0.1, -0.05) is 35.4 Å². The molecule has 0 saturated heterocycles. The van der Waals surface area contributed by atoms with Crippen molar-refractivity contribution in [3.63, 3.8) is 0 Å². The van der Waals surface area contributed by atoms with Gasteiger partial charge in [0.05, 0.1) is 0 Å². The van der Waals surface area contributed by atoms with Crippen molar-refractivity contribution in [2.75, 3.05) is 17.6 Å². The maximum Gasteiger partial charge on any atom is 0.0443 e. The highest BCUT2D eigenvalue weighted by atomic mass is 35.5. The van der Waals surface area contributed by atoms with Gasteiger partial charge in [-0.25, -0.2) is 0 Å². The second-order valence-electron chi connectivity index (χ2n) is 1.97. The Balaban J connectivity index is -0.000000144. The molecular formula is C9H14Cl6. The SMILES string of the molecule is CC(Cl)CCl.ClC=CCCl.ClC=CCCl. The van der Waals surface area contributed by atoms with Gasteiger partial charge in [0, 0.05) is 34.1 Å². The summed E-state index contributed by atoms with van der Waals surface area (Å²) in [5.74, 6) is 1.55. The molecule has 0 aromatic carbocycles. The number of hydrogen-bond acceptors (Lipinski definition) is 0. The number of hydrogen-bond donors (Lipinski definition) is 0. The Morgan fingerprint density at radius 1 is 0.933 bits per heavy atom. The molecule has 0 radical (unpaired) electrons. The number of alkyl halides is 4. The fourth-order valence-electron chi connectivity index (χ4n) is 0.0673. The van der Waals surface area contributed by atoms with Crippen molar-refractivity contribution in [3.05, 3.63) is 23.2 Å². The lowest BCUT2D eigenvalue weighted by Gasteiger charge is -1.85. The quantitative estimate of drug-likeness (QED) is 0.571. The Kier molecular flexibility index (Phi) is 35.0. The van der Waals surface area contributed by atoms with Crippen LogP contribution < -0.4 is 0 Å². The third-order valence-electron chi connectivity index (χ3n) is 0.569. The lowest BCUT2D eigenvalue weighted by molar-refractivity contribution is 1.11. The molecule has 6 heteroatoms. The molecule has 0 bridgehead atoms. The Hall–Kier alpha value is 1.22. The molecule has 1 atom stereocenters. The summed E-state index contributed by atoms with van der Waals surface area (Å²) in [6.07, 6.45) is 3.31. The van der Waals surface area contributed by atoms with Crippen LogP contribution in [0.5, 0.6) is 0 Å². The smallest absolute Gasteiger partial charge is 0.0443 e. The van der Waals surface area contributed by atoms with E-state index in [4.69, 9.17) is 69.6 Å². The summed E-state index contributed by atoms with van der Waals surface area (Å²) in [6.45, 7) is 1.86. The highest BCUT2D eigenvalue weighted by Crippen LogP contribution is 1.93. The largest absolute Gasteiger partial charge is 0.125 e. The van der Waals surface area contributed by atoms with Gasteiger partial charge in [0.2, 0.25) is 0 Å². The molecule has 0 saturated carbocycles. The monoisotopic (exact) mass is 332 g/mol. The number of allylic oxidation sites excluding steroid dienone is 2. The number of halogens is 6. The molecule has 0 heterocycles. The van der Waals surface area contributed by atoms with Gasteiger partial charge in [-0.05, 0) is 6.92 Å². The molecule has 0 nitrogen and oxygen atoms in total. The lowest BCUT2D eigenvalue weighted by Crippen LogP contribution is -1.87. The van der Waals surface area contributed by atoms with Crippen LogP contribution in [0, 0.1) is 0 Å². The van der Waals surface area contributed by atoms with E-state index in [-0.39, 0.29) is 5.38 Å². The molecule has 0 spiro atoms. The van der Waals surface area contributed by atoms with Gasteiger partial charge in [-0.15, -0.1) is 46.4 Å². The predicted octanol–water partition coefficient (Wildman–Crippen LogP) is 5.81. The van der Waals surface area contributed by atoms with E-state index in [0.717, 1.165) is 0 Å². The van der Waals surface area contributed by atoms with Crippen LogP contribution in [0.2, 0.25) is 0 Å². The summed E-state index contributed by atoms with van der Waals surface area (Å²) in [7, 11) is 0. The van der Waals surface area contributed by atoms with Crippen LogP contribution >= 0.6 is 69.6 Å². The molecule has 0 amide bonds. The van der Waals surface area contributed by atoms with E-state index < -0.39 is 0 Å². The second kappa shape index (κ2) is 24.4. The van der Waals surface area contributed by atoms with Gasteiger partial charge in [-0.3, -0.25) is 0 Å². The van der Waals surface area contributed by atoms with E-state index in [1.54, 1.807) is 12.2 Å². The second-order valence-corrected chi connectivity index (χ2v) is 4.14. The van der Waals surface area contributed by atoms with E-state index in [2.05, 4.69) is 0 Å². The normalized spacial score (nSPS) is 11.7. The van der Waals surface area contributed by atoms with Gasteiger partial charge in [0.25, 0.3) is 0 Å². The number of rotatable bonds is 3. The molecule has 0 fully saturated rings. The van der Waals surface area contributed by atoms with Gasteiger partial charge in [0.15, 0.2) is 0 Å². The van der Waals surface area contributed by atoms with Crippen molar-refractivity contribution in [2.45, 2.75) is 12.3 Å². The van der Waals surface area contributed by atoms with Crippen molar-refractivity contribution in [1.29, 1.82) is 0 Å². The Bertz CT molecular complexity index is 121. The fourth-order valence-corrected chi connectivity index (χ4v) is 0.606. The van der Waals surface area contributed by atoms with E-state index in [0.29, 0.717) is 17.6 Å². The maximum atomic E-state index is 5.33. The van der Waals surface area contributed by atoms with Crippen LogP contribution in [-0.2, 0) is 0 Å². The summed E-state index contributed by atoms with van der Waals surface area (Å²) < 4.78 is 0. The fraction of sp³-hybridized carbons (Fsp3) is 0.556. The van der Waals surface area contributed by atoms with Crippen LogP contribution in [0.15, 0.2) is 23.2 Å². The molecule has 0 aromatic rings. The Labute approximate surface area is 122 Å². The van der Waals surface area contributed by atoms with E-state index in [1.807, 2.05) is 6.92 Å². The average molecular weight is 335 g/mol. The molecule has 0 rings (SSSR count).